The van der Waals surface area contributed by atoms with Gasteiger partial charge in [0, 0.05) is 45.3 Å². The molecule has 2 aromatic carbocycles. The Labute approximate surface area is 134 Å². The summed E-state index contributed by atoms with van der Waals surface area (Å²) in [6, 6.07) is 12.5. The normalized spacial score (nSPS) is 11.0. The minimum Gasteiger partial charge on any atom is -0.343 e. The summed E-state index contributed by atoms with van der Waals surface area (Å²) in [5.41, 5.74) is 2.04. The Morgan fingerprint density at radius 3 is 2.71 bits per heavy atom. The molecule has 0 amide bonds. The topological polar surface area (TPSA) is 48.1 Å². The molecule has 21 heavy (non-hydrogen) atoms. The van der Waals surface area contributed by atoms with Crippen molar-refractivity contribution in [1.29, 1.82) is 0 Å². The van der Waals surface area contributed by atoms with Crippen LogP contribution in [0, 0.1) is 10.1 Å². The van der Waals surface area contributed by atoms with Gasteiger partial charge in [0.15, 0.2) is 0 Å². The number of hydrogen-bond donors (Lipinski definition) is 0. The minimum atomic E-state index is -0.387. The number of aromatic nitrogens is 1. The third-order valence-electron chi connectivity index (χ3n) is 3.32. The smallest absolute Gasteiger partial charge is 0.270 e. The molecule has 0 radical (unpaired) electrons. The van der Waals surface area contributed by atoms with Crippen molar-refractivity contribution in [3.8, 4) is 0 Å². The Morgan fingerprint density at radius 2 is 2.00 bits per heavy atom. The van der Waals surface area contributed by atoms with E-state index in [0.29, 0.717) is 11.6 Å². The van der Waals surface area contributed by atoms with Gasteiger partial charge < -0.3 is 4.57 Å². The highest BCUT2D eigenvalue weighted by atomic mass is 79.9. The number of rotatable bonds is 3. The van der Waals surface area contributed by atoms with Gasteiger partial charge in [-0.3, -0.25) is 10.1 Å². The summed E-state index contributed by atoms with van der Waals surface area (Å²) in [7, 11) is 0. The van der Waals surface area contributed by atoms with E-state index in [4.69, 9.17) is 11.6 Å². The van der Waals surface area contributed by atoms with Crippen molar-refractivity contribution >= 4 is 44.1 Å². The van der Waals surface area contributed by atoms with Crippen molar-refractivity contribution in [3.05, 3.63) is 73.8 Å². The molecule has 0 N–H and O–H groups in total. The predicted molar refractivity (Wildman–Crippen MR) is 86.8 cm³/mol. The van der Waals surface area contributed by atoms with Gasteiger partial charge in [-0.05, 0) is 29.8 Å². The minimum absolute atomic E-state index is 0.0990. The fourth-order valence-corrected chi connectivity index (χ4v) is 3.01. The first kappa shape index (κ1) is 14.1. The van der Waals surface area contributed by atoms with E-state index in [2.05, 4.69) is 15.9 Å². The molecule has 0 unspecified atom stereocenters. The highest BCUT2D eigenvalue weighted by molar-refractivity contribution is 9.10. The van der Waals surface area contributed by atoms with E-state index in [9.17, 15) is 10.1 Å². The van der Waals surface area contributed by atoms with Crippen LogP contribution in [0.15, 0.2) is 53.1 Å². The first-order chi connectivity index (χ1) is 10.0. The van der Waals surface area contributed by atoms with Crippen LogP contribution >= 0.6 is 27.5 Å². The lowest BCUT2D eigenvalue weighted by Gasteiger charge is -2.08. The van der Waals surface area contributed by atoms with E-state index >= 15 is 0 Å². The first-order valence-corrected chi connectivity index (χ1v) is 7.39. The zero-order valence-electron chi connectivity index (χ0n) is 10.8. The largest absolute Gasteiger partial charge is 0.343 e. The molecule has 0 aliphatic heterocycles. The number of hydrogen-bond acceptors (Lipinski definition) is 2. The predicted octanol–water partition coefficient (Wildman–Crippen LogP) is 5.01. The molecule has 3 aromatic rings. The second-order valence-electron chi connectivity index (χ2n) is 4.68. The van der Waals surface area contributed by atoms with E-state index in [1.807, 2.05) is 35.0 Å². The molecule has 0 fully saturated rings. The molecular weight excluding hydrogens is 356 g/mol. The van der Waals surface area contributed by atoms with Crippen LogP contribution in [0.2, 0.25) is 5.02 Å². The average molecular weight is 366 g/mol. The third kappa shape index (κ3) is 2.80. The van der Waals surface area contributed by atoms with Crippen LogP contribution in [-0.2, 0) is 6.54 Å². The molecule has 106 valence electrons. The fourth-order valence-electron chi connectivity index (χ4n) is 2.27. The van der Waals surface area contributed by atoms with Crippen molar-refractivity contribution in [2.75, 3.05) is 0 Å². The van der Waals surface area contributed by atoms with Gasteiger partial charge in [-0.1, -0.05) is 33.6 Å². The number of nitrogens with zero attached hydrogens (tertiary/aromatic N) is 2. The van der Waals surface area contributed by atoms with E-state index in [1.165, 1.54) is 6.07 Å². The zero-order chi connectivity index (χ0) is 15.0. The molecular formula is C15H10BrClN2O2. The summed E-state index contributed by atoms with van der Waals surface area (Å²) in [6.07, 6.45) is 1.91. The quantitative estimate of drug-likeness (QED) is 0.483. The van der Waals surface area contributed by atoms with Gasteiger partial charge in [-0.2, -0.15) is 0 Å². The maximum Gasteiger partial charge on any atom is 0.270 e. The van der Waals surface area contributed by atoms with Crippen LogP contribution in [-0.4, -0.2) is 9.49 Å². The standard InChI is InChI=1S/C15H10BrClN2O2/c16-12-2-1-11(14(17)8-12)9-18-6-5-10-7-13(19(20)21)3-4-15(10)18/h1-8H,9H2. The monoisotopic (exact) mass is 364 g/mol. The van der Waals surface area contributed by atoms with Crippen LogP contribution in [0.4, 0.5) is 5.69 Å². The molecule has 3 rings (SSSR count). The molecule has 1 aromatic heterocycles. The second-order valence-corrected chi connectivity index (χ2v) is 6.00. The van der Waals surface area contributed by atoms with Gasteiger partial charge >= 0.3 is 0 Å². The molecule has 0 aliphatic carbocycles. The molecule has 0 saturated heterocycles. The van der Waals surface area contributed by atoms with Crippen molar-refractivity contribution < 1.29 is 4.92 Å². The SMILES string of the molecule is O=[N+]([O-])c1ccc2c(ccn2Cc2ccc(Br)cc2Cl)c1. The van der Waals surface area contributed by atoms with Crippen LogP contribution in [0.5, 0.6) is 0 Å². The van der Waals surface area contributed by atoms with E-state index in [0.717, 1.165) is 20.9 Å². The highest BCUT2D eigenvalue weighted by Crippen LogP contribution is 2.26. The third-order valence-corrected chi connectivity index (χ3v) is 4.17. The Bertz CT molecular complexity index is 845. The molecule has 0 bridgehead atoms. The van der Waals surface area contributed by atoms with Gasteiger partial charge in [-0.15, -0.1) is 0 Å². The number of nitro benzene ring substituents is 1. The molecule has 1 heterocycles. The van der Waals surface area contributed by atoms with Crippen LogP contribution < -0.4 is 0 Å². The number of fused-ring (bicyclic) bond motifs is 1. The van der Waals surface area contributed by atoms with Crippen molar-refractivity contribution in [1.82, 2.24) is 4.57 Å². The fraction of sp³-hybridized carbons (Fsp3) is 0.0667. The Kier molecular flexibility index (Phi) is 3.69. The summed E-state index contributed by atoms with van der Waals surface area (Å²) < 4.78 is 2.96. The summed E-state index contributed by atoms with van der Waals surface area (Å²) in [4.78, 5) is 10.4. The van der Waals surface area contributed by atoms with Crippen molar-refractivity contribution in [2.24, 2.45) is 0 Å². The Hall–Kier alpha value is -1.85. The molecule has 0 atom stereocenters. The second kappa shape index (κ2) is 5.50. The van der Waals surface area contributed by atoms with Crippen molar-refractivity contribution in [2.45, 2.75) is 6.54 Å². The average Bonchev–Trinajstić information content (AvgIpc) is 2.84. The number of halogens is 2. The Balaban J connectivity index is 1.99. The lowest BCUT2D eigenvalue weighted by Crippen LogP contribution is -1.98. The zero-order valence-corrected chi connectivity index (χ0v) is 13.1. The van der Waals surface area contributed by atoms with E-state index in [1.54, 1.807) is 12.1 Å². The molecule has 4 nitrogen and oxygen atoms in total. The molecule has 0 spiro atoms. The van der Waals surface area contributed by atoms with Gasteiger partial charge in [0.05, 0.1) is 4.92 Å². The summed E-state index contributed by atoms with van der Waals surface area (Å²) in [6.45, 7) is 0.618. The highest BCUT2D eigenvalue weighted by Gasteiger charge is 2.10. The summed E-state index contributed by atoms with van der Waals surface area (Å²) in [5.74, 6) is 0. The molecule has 0 saturated carbocycles. The van der Waals surface area contributed by atoms with Gasteiger partial charge in [-0.25, -0.2) is 0 Å². The van der Waals surface area contributed by atoms with Crippen LogP contribution in [0.1, 0.15) is 5.56 Å². The first-order valence-electron chi connectivity index (χ1n) is 6.22. The summed E-state index contributed by atoms with van der Waals surface area (Å²) in [5, 5.41) is 12.3. The van der Waals surface area contributed by atoms with E-state index in [-0.39, 0.29) is 10.6 Å². The number of benzene rings is 2. The maximum atomic E-state index is 10.8. The van der Waals surface area contributed by atoms with Crippen LogP contribution in [0.25, 0.3) is 10.9 Å². The van der Waals surface area contributed by atoms with Gasteiger partial charge in [0.25, 0.3) is 5.69 Å². The maximum absolute atomic E-state index is 10.8. The lowest BCUT2D eigenvalue weighted by atomic mass is 10.2. The number of non-ortho nitro benzene ring substituents is 1. The van der Waals surface area contributed by atoms with Crippen molar-refractivity contribution in [3.63, 3.8) is 0 Å². The summed E-state index contributed by atoms with van der Waals surface area (Å²) >= 11 is 9.61. The van der Waals surface area contributed by atoms with Gasteiger partial charge in [0.2, 0.25) is 0 Å². The van der Waals surface area contributed by atoms with Crippen LogP contribution in [0.3, 0.4) is 0 Å². The van der Waals surface area contributed by atoms with E-state index < -0.39 is 0 Å². The molecule has 6 heteroatoms. The lowest BCUT2D eigenvalue weighted by molar-refractivity contribution is -0.384. The Morgan fingerprint density at radius 1 is 1.19 bits per heavy atom. The molecule has 0 aliphatic rings. The number of nitro groups is 1. The van der Waals surface area contributed by atoms with Gasteiger partial charge in [0.1, 0.15) is 0 Å².